The quantitative estimate of drug-likeness (QED) is 0.762. The molecule has 0 saturated carbocycles. The van der Waals surface area contributed by atoms with Gasteiger partial charge in [-0.3, -0.25) is 4.52 Å². The minimum atomic E-state index is -2.69. The van der Waals surface area contributed by atoms with Crippen molar-refractivity contribution in [3.8, 4) is 5.75 Å². The van der Waals surface area contributed by atoms with E-state index in [-0.39, 0.29) is 0 Å². The molecule has 2 nitrogen and oxygen atoms in total. The number of halogens is 2. The first kappa shape index (κ1) is 9.08. The second-order valence-corrected chi connectivity index (χ2v) is 6.63. The summed E-state index contributed by atoms with van der Waals surface area (Å²) in [4.78, 5) is 0. The fourth-order valence-electron chi connectivity index (χ4n) is 0.622. The van der Waals surface area contributed by atoms with Crippen molar-refractivity contribution in [3.63, 3.8) is 0 Å². The van der Waals surface area contributed by atoms with Crippen molar-refractivity contribution in [2.75, 3.05) is 0 Å². The molecule has 1 aromatic carbocycles. The number of para-hydroxylation sites is 1. The molecule has 0 aliphatic carbocycles. The minimum Gasteiger partial charge on any atom is -0.294 e. The van der Waals surface area contributed by atoms with E-state index >= 15 is 0 Å². The zero-order valence-electron chi connectivity index (χ0n) is 5.58. The average Bonchev–Trinajstić information content (AvgIpc) is 1.85. The van der Waals surface area contributed by atoms with E-state index in [9.17, 15) is 0 Å². The van der Waals surface area contributed by atoms with Gasteiger partial charge in [-0.1, -0.05) is 18.2 Å². The van der Waals surface area contributed by atoms with Crippen molar-refractivity contribution in [1.29, 1.82) is 0 Å². The topological polar surface area (TPSA) is 35.2 Å². The van der Waals surface area contributed by atoms with Gasteiger partial charge in [-0.05, 0) is 12.1 Å². The minimum absolute atomic E-state index is 0.591. The number of benzene rings is 1. The van der Waals surface area contributed by atoms with Crippen molar-refractivity contribution in [2.24, 2.45) is 5.50 Å². The van der Waals surface area contributed by atoms with Crippen molar-refractivity contribution >= 4 is 28.8 Å². The van der Waals surface area contributed by atoms with Crippen LogP contribution >= 0.6 is 28.8 Å². The number of hydrogen-bond acceptors (Lipinski definition) is 2. The fraction of sp³-hybridized carbons (Fsp3) is 0. The Bertz CT molecular complexity index is 224. The van der Waals surface area contributed by atoms with Crippen LogP contribution in [0, 0.1) is 0 Å². The first-order chi connectivity index (χ1) is 5.08. The molecule has 5 heteroatoms. The molecule has 60 valence electrons. The second-order valence-electron chi connectivity index (χ2n) is 1.91. The summed E-state index contributed by atoms with van der Waals surface area (Å²) in [5.74, 6) is 0.591. The highest BCUT2D eigenvalue weighted by Gasteiger charge is 2.32. The summed E-state index contributed by atoms with van der Waals surface area (Å²) in [6, 6.07) is 8.99. The van der Waals surface area contributed by atoms with Gasteiger partial charge in [0.15, 0.2) is 28.2 Å². The van der Waals surface area contributed by atoms with Gasteiger partial charge in [0.05, 0.1) is 0 Å². The Morgan fingerprint density at radius 2 is 1.73 bits per heavy atom. The molecule has 0 spiro atoms. The highest BCUT2D eigenvalue weighted by Crippen LogP contribution is 2.61. The molecule has 0 atom stereocenters. The SMILES string of the molecule is N[P+](Cl)(Cl)Oc1ccccc1. The van der Waals surface area contributed by atoms with Crippen LogP contribution in [0.2, 0.25) is 0 Å². The molecule has 11 heavy (non-hydrogen) atoms. The molecule has 0 fully saturated rings. The zero-order chi connectivity index (χ0) is 8.32. The summed E-state index contributed by atoms with van der Waals surface area (Å²) in [6.07, 6.45) is -2.69. The van der Waals surface area contributed by atoms with Crippen LogP contribution in [-0.4, -0.2) is 0 Å². The molecule has 0 saturated heterocycles. The van der Waals surface area contributed by atoms with Crippen LogP contribution in [-0.2, 0) is 0 Å². The van der Waals surface area contributed by atoms with Crippen LogP contribution in [0.3, 0.4) is 0 Å². The lowest BCUT2D eigenvalue weighted by atomic mass is 10.3. The second kappa shape index (κ2) is 3.59. The Hall–Kier alpha value is -0.0100. The summed E-state index contributed by atoms with van der Waals surface area (Å²) in [6.45, 7) is 0. The first-order valence-electron chi connectivity index (χ1n) is 2.89. The Kier molecular flexibility index (Phi) is 2.97. The molecule has 0 radical (unpaired) electrons. The lowest BCUT2D eigenvalue weighted by Crippen LogP contribution is -1.97. The molecular weight excluding hydrogens is 204 g/mol. The van der Waals surface area contributed by atoms with E-state index in [0.717, 1.165) is 0 Å². The smallest absolute Gasteiger partial charge is 0.294 e. The first-order valence-corrected chi connectivity index (χ1v) is 6.48. The molecule has 0 heterocycles. The lowest BCUT2D eigenvalue weighted by molar-refractivity contribution is 0.622. The summed E-state index contributed by atoms with van der Waals surface area (Å²) in [5, 5.41) is 0. The van der Waals surface area contributed by atoms with Crippen LogP contribution in [0.5, 0.6) is 5.75 Å². The molecule has 0 aliphatic heterocycles. The van der Waals surface area contributed by atoms with Crippen molar-refractivity contribution in [1.82, 2.24) is 0 Å². The molecule has 2 N–H and O–H groups in total. The lowest BCUT2D eigenvalue weighted by Gasteiger charge is -2.02. The van der Waals surface area contributed by atoms with Crippen LogP contribution in [0.4, 0.5) is 0 Å². The monoisotopic (exact) mass is 210 g/mol. The van der Waals surface area contributed by atoms with Gasteiger partial charge in [0.2, 0.25) is 0 Å². The average molecular weight is 211 g/mol. The summed E-state index contributed by atoms with van der Waals surface area (Å²) in [5.41, 5.74) is 5.29. The highest BCUT2D eigenvalue weighted by molar-refractivity contribution is 8.12. The van der Waals surface area contributed by atoms with E-state index in [4.69, 9.17) is 32.5 Å². The van der Waals surface area contributed by atoms with E-state index in [0.29, 0.717) is 5.75 Å². The molecule has 0 unspecified atom stereocenters. The van der Waals surface area contributed by atoms with E-state index in [1.54, 1.807) is 12.1 Å². The summed E-state index contributed by atoms with van der Waals surface area (Å²) in [7, 11) is 0. The van der Waals surface area contributed by atoms with Gasteiger partial charge >= 0.3 is 6.35 Å². The van der Waals surface area contributed by atoms with Crippen molar-refractivity contribution in [3.05, 3.63) is 30.3 Å². The van der Waals surface area contributed by atoms with E-state index in [1.807, 2.05) is 18.2 Å². The fourth-order valence-corrected chi connectivity index (χ4v) is 1.50. The molecule has 0 aliphatic rings. The third kappa shape index (κ3) is 3.78. The predicted molar refractivity (Wildman–Crippen MR) is 49.9 cm³/mol. The maximum atomic E-state index is 5.50. The summed E-state index contributed by atoms with van der Waals surface area (Å²) >= 11 is 11.0. The molecule has 1 rings (SSSR count). The number of rotatable bonds is 2. The molecule has 1 aromatic rings. The van der Waals surface area contributed by atoms with Gasteiger partial charge in [0.1, 0.15) is 0 Å². The van der Waals surface area contributed by atoms with Crippen LogP contribution in [0.15, 0.2) is 30.3 Å². The third-order valence-electron chi connectivity index (χ3n) is 0.970. The van der Waals surface area contributed by atoms with Gasteiger partial charge in [-0.25, -0.2) is 0 Å². The largest absolute Gasteiger partial charge is 0.454 e. The van der Waals surface area contributed by atoms with E-state index in [1.165, 1.54) is 0 Å². The molecule has 0 amide bonds. The molecule has 0 aromatic heterocycles. The van der Waals surface area contributed by atoms with Gasteiger partial charge in [0, 0.05) is 0 Å². The number of hydrogen-bond donors (Lipinski definition) is 1. The summed E-state index contributed by atoms with van der Waals surface area (Å²) < 4.78 is 5.02. The maximum Gasteiger partial charge on any atom is 0.454 e. The molecular formula is C6H7Cl2NOP+. The highest BCUT2D eigenvalue weighted by atomic mass is 35.9. The van der Waals surface area contributed by atoms with Crippen LogP contribution in [0.1, 0.15) is 0 Å². The van der Waals surface area contributed by atoms with Gasteiger partial charge in [0.25, 0.3) is 0 Å². The van der Waals surface area contributed by atoms with Gasteiger partial charge in [-0.15, -0.1) is 5.50 Å². The Morgan fingerprint density at radius 1 is 1.18 bits per heavy atom. The van der Waals surface area contributed by atoms with E-state index < -0.39 is 6.35 Å². The normalized spacial score (nSPS) is 11.2. The Labute approximate surface area is 75.3 Å². The van der Waals surface area contributed by atoms with Gasteiger partial charge < -0.3 is 0 Å². The zero-order valence-corrected chi connectivity index (χ0v) is 7.98. The number of nitrogens with two attached hydrogens (primary N) is 1. The maximum absolute atomic E-state index is 5.50. The van der Waals surface area contributed by atoms with Gasteiger partial charge in [-0.2, -0.15) is 0 Å². The van der Waals surface area contributed by atoms with Crippen LogP contribution < -0.4 is 10.0 Å². The van der Waals surface area contributed by atoms with Crippen LogP contribution in [0.25, 0.3) is 0 Å². The third-order valence-corrected chi connectivity index (χ3v) is 1.84. The van der Waals surface area contributed by atoms with Crippen molar-refractivity contribution in [2.45, 2.75) is 0 Å². The standard InChI is InChI=1S/C6H7Cl2NOP/c7-11(8,9)10-6-4-2-1-3-5-6/h1-5H,9H2/q+1. The van der Waals surface area contributed by atoms with Crippen molar-refractivity contribution < 1.29 is 4.52 Å². The predicted octanol–water partition coefficient (Wildman–Crippen LogP) is 3.18. The van der Waals surface area contributed by atoms with E-state index in [2.05, 4.69) is 0 Å². The Balaban J connectivity index is 2.66. The Morgan fingerprint density at radius 3 is 2.18 bits per heavy atom. The molecule has 0 bridgehead atoms.